The third kappa shape index (κ3) is 4.08. The van der Waals surface area contributed by atoms with Gasteiger partial charge in [-0.3, -0.25) is 0 Å². The van der Waals surface area contributed by atoms with Crippen LogP contribution < -0.4 is 0 Å². The van der Waals surface area contributed by atoms with Gasteiger partial charge >= 0.3 is 0 Å². The Bertz CT molecular complexity index is 180. The van der Waals surface area contributed by atoms with E-state index in [1.165, 1.54) is 12.5 Å². The summed E-state index contributed by atoms with van der Waals surface area (Å²) in [7, 11) is 0. The molecule has 100 valence electrons. The summed E-state index contributed by atoms with van der Waals surface area (Å²) in [5, 5.41) is 53.8. The predicted molar refractivity (Wildman–Crippen MR) is 57.5 cm³/mol. The lowest BCUT2D eigenvalue weighted by molar-refractivity contribution is -0.223. The van der Waals surface area contributed by atoms with Gasteiger partial charge in [0.1, 0.15) is 36.6 Å². The molecule has 1 fully saturated rings. The Balaban J connectivity index is 0.000000437. The van der Waals surface area contributed by atoms with E-state index in [-0.39, 0.29) is 0 Å². The lowest BCUT2D eigenvalue weighted by Crippen LogP contribution is -2.63. The smallest absolute Gasteiger partial charge is 0.111 e. The molecule has 0 aliphatic heterocycles. The van der Waals surface area contributed by atoms with Gasteiger partial charge in [0.25, 0.3) is 0 Å². The van der Waals surface area contributed by atoms with E-state index < -0.39 is 36.6 Å². The second-order valence-electron chi connectivity index (χ2n) is 3.41. The summed E-state index contributed by atoms with van der Waals surface area (Å²) in [6.45, 7) is 6.51. The third-order valence-corrected chi connectivity index (χ3v) is 2.29. The highest BCUT2D eigenvalue weighted by molar-refractivity contribution is 4.98. The summed E-state index contributed by atoms with van der Waals surface area (Å²) >= 11 is 0. The van der Waals surface area contributed by atoms with Gasteiger partial charge < -0.3 is 35.4 Å². The van der Waals surface area contributed by atoms with Gasteiger partial charge in [0.2, 0.25) is 0 Å². The maximum absolute atomic E-state index is 8.97. The van der Waals surface area contributed by atoms with E-state index in [1.807, 2.05) is 0 Å². The molecule has 0 spiro atoms. The zero-order chi connectivity index (χ0) is 13.6. The van der Waals surface area contributed by atoms with E-state index in [0.717, 1.165) is 0 Å². The second kappa shape index (κ2) is 7.38. The first-order chi connectivity index (χ1) is 7.88. The average Bonchev–Trinajstić information content (AvgIpc) is 2.33. The monoisotopic (exact) mass is 250 g/mol. The second-order valence-corrected chi connectivity index (χ2v) is 3.41. The van der Waals surface area contributed by atoms with E-state index in [4.69, 9.17) is 30.6 Å². The Hall–Kier alpha value is -0.960. The van der Waals surface area contributed by atoms with Gasteiger partial charge in [0.15, 0.2) is 0 Å². The van der Waals surface area contributed by atoms with E-state index in [9.17, 15) is 0 Å². The molecule has 0 atom stereocenters. The molecule has 0 radical (unpaired) electrons. The number of hydrogen-bond donors (Lipinski definition) is 6. The Morgan fingerprint density at radius 2 is 0.765 bits per heavy atom. The van der Waals surface area contributed by atoms with E-state index in [0.29, 0.717) is 0 Å². The molecule has 7 nitrogen and oxygen atoms in total. The normalized spacial score (nSPS) is 40.8. The van der Waals surface area contributed by atoms with Gasteiger partial charge in [-0.1, -0.05) is 13.2 Å². The van der Waals surface area contributed by atoms with Crippen LogP contribution in [-0.4, -0.2) is 67.3 Å². The van der Waals surface area contributed by atoms with E-state index >= 15 is 0 Å². The summed E-state index contributed by atoms with van der Waals surface area (Å²) in [6, 6.07) is 0. The molecule has 0 aromatic heterocycles. The van der Waals surface area contributed by atoms with E-state index in [2.05, 4.69) is 17.9 Å². The van der Waals surface area contributed by atoms with Crippen molar-refractivity contribution in [2.45, 2.75) is 36.6 Å². The Labute approximate surface area is 98.5 Å². The van der Waals surface area contributed by atoms with Crippen LogP contribution in [0.1, 0.15) is 0 Å². The molecule has 0 unspecified atom stereocenters. The van der Waals surface area contributed by atoms with Gasteiger partial charge in [-0.25, -0.2) is 0 Å². The minimum absolute atomic E-state index is 1.31. The topological polar surface area (TPSA) is 131 Å². The molecule has 0 saturated heterocycles. The lowest BCUT2D eigenvalue weighted by Gasteiger charge is -2.39. The molecule has 0 bridgehead atoms. The number of rotatable bonds is 2. The van der Waals surface area contributed by atoms with E-state index in [1.54, 1.807) is 0 Å². The van der Waals surface area contributed by atoms with Gasteiger partial charge in [-0.2, -0.15) is 0 Å². The Kier molecular flexibility index (Phi) is 6.97. The van der Waals surface area contributed by atoms with Crippen LogP contribution in [0.15, 0.2) is 25.7 Å². The van der Waals surface area contributed by atoms with Gasteiger partial charge in [-0.15, -0.1) is 0 Å². The maximum Gasteiger partial charge on any atom is 0.111 e. The molecular formula is C10H18O7. The zero-order valence-electron chi connectivity index (χ0n) is 9.12. The van der Waals surface area contributed by atoms with Crippen molar-refractivity contribution in [3.05, 3.63) is 25.7 Å². The molecule has 7 heteroatoms. The van der Waals surface area contributed by atoms with Crippen molar-refractivity contribution in [1.29, 1.82) is 0 Å². The van der Waals surface area contributed by atoms with Crippen LogP contribution in [0.25, 0.3) is 0 Å². The van der Waals surface area contributed by atoms with Gasteiger partial charge in [0, 0.05) is 0 Å². The molecule has 0 aromatic carbocycles. The van der Waals surface area contributed by atoms with Crippen molar-refractivity contribution >= 4 is 0 Å². The number of ether oxygens (including phenoxy) is 1. The van der Waals surface area contributed by atoms with Crippen molar-refractivity contribution in [2.75, 3.05) is 0 Å². The van der Waals surface area contributed by atoms with Crippen molar-refractivity contribution in [1.82, 2.24) is 0 Å². The first kappa shape index (κ1) is 16.0. The predicted octanol–water partition coefficient (Wildman–Crippen LogP) is -2.54. The Morgan fingerprint density at radius 3 is 0.824 bits per heavy atom. The molecule has 17 heavy (non-hydrogen) atoms. The van der Waals surface area contributed by atoms with Crippen LogP contribution in [0.4, 0.5) is 0 Å². The fraction of sp³-hybridized carbons (Fsp3) is 0.600. The minimum atomic E-state index is -1.64. The fourth-order valence-corrected chi connectivity index (χ4v) is 1.28. The van der Waals surface area contributed by atoms with Crippen LogP contribution in [0.2, 0.25) is 0 Å². The van der Waals surface area contributed by atoms with Crippen molar-refractivity contribution in [3.8, 4) is 0 Å². The highest BCUT2D eigenvalue weighted by Crippen LogP contribution is 2.20. The summed E-state index contributed by atoms with van der Waals surface area (Å²) in [5.74, 6) is 0. The SMILES string of the molecule is C=COC=C.O[C@H]1[C@H](O)[C@@H](O)[C@H](O)[C@@H](O)[C@H]1O. The van der Waals surface area contributed by atoms with Crippen LogP contribution in [-0.2, 0) is 4.74 Å². The molecular weight excluding hydrogens is 232 g/mol. The summed E-state index contributed by atoms with van der Waals surface area (Å²) < 4.78 is 4.36. The van der Waals surface area contributed by atoms with Crippen molar-refractivity contribution in [3.63, 3.8) is 0 Å². The number of aliphatic hydroxyl groups is 6. The zero-order valence-corrected chi connectivity index (χ0v) is 9.12. The van der Waals surface area contributed by atoms with Gasteiger partial charge in [-0.05, 0) is 0 Å². The highest BCUT2D eigenvalue weighted by atomic mass is 16.5. The summed E-state index contributed by atoms with van der Waals surface area (Å²) in [4.78, 5) is 0. The number of hydrogen-bond acceptors (Lipinski definition) is 7. The molecule has 1 rings (SSSR count). The van der Waals surface area contributed by atoms with Crippen LogP contribution in [0.5, 0.6) is 0 Å². The largest absolute Gasteiger partial charge is 0.474 e. The van der Waals surface area contributed by atoms with Crippen molar-refractivity contribution in [2.24, 2.45) is 0 Å². The first-order valence-corrected chi connectivity index (χ1v) is 4.84. The minimum Gasteiger partial charge on any atom is -0.474 e. The summed E-state index contributed by atoms with van der Waals surface area (Å²) in [5.41, 5.74) is 0. The molecule has 0 amide bonds. The third-order valence-electron chi connectivity index (χ3n) is 2.29. The standard InChI is InChI=1S/C6H12O6.C4H6O/c7-1-2(8)4(10)6(12)5(11)3(1)9;1-3-5-4-2/h1-12H;3-4H,1-2H2/t1-,2-,3-,4+,5-,6-;. The van der Waals surface area contributed by atoms with Gasteiger partial charge in [0.05, 0.1) is 12.5 Å². The average molecular weight is 250 g/mol. The molecule has 0 aromatic rings. The molecule has 1 aliphatic carbocycles. The lowest BCUT2D eigenvalue weighted by atomic mass is 9.85. The first-order valence-electron chi connectivity index (χ1n) is 4.84. The Morgan fingerprint density at radius 1 is 0.588 bits per heavy atom. The summed E-state index contributed by atoms with van der Waals surface area (Å²) in [6.07, 6.45) is -7.22. The fourth-order valence-electron chi connectivity index (χ4n) is 1.28. The maximum atomic E-state index is 8.97. The highest BCUT2D eigenvalue weighted by Gasteiger charge is 2.47. The molecule has 1 aliphatic rings. The molecule has 1 saturated carbocycles. The van der Waals surface area contributed by atoms with Crippen molar-refractivity contribution < 1.29 is 35.4 Å². The van der Waals surface area contributed by atoms with Crippen LogP contribution >= 0.6 is 0 Å². The molecule has 0 heterocycles. The quantitative estimate of drug-likeness (QED) is 0.298. The molecule has 6 N–H and O–H groups in total. The van der Waals surface area contributed by atoms with Crippen LogP contribution in [0, 0.1) is 0 Å². The number of aliphatic hydroxyl groups excluding tert-OH is 6. The van der Waals surface area contributed by atoms with Crippen LogP contribution in [0.3, 0.4) is 0 Å².